The zero-order valence-corrected chi connectivity index (χ0v) is 20.3. The predicted molar refractivity (Wildman–Crippen MR) is 148 cm³/mol. The number of hydrogen-bond donors (Lipinski definition) is 1. The van der Waals surface area contributed by atoms with Gasteiger partial charge in [0.05, 0.1) is 17.4 Å². The number of fused-ring (bicyclic) bond motifs is 1. The van der Waals surface area contributed by atoms with Gasteiger partial charge in [-0.05, 0) is 23.6 Å². The molecule has 4 aromatic carbocycles. The summed E-state index contributed by atoms with van der Waals surface area (Å²) in [5, 5.41) is 8.21. The van der Waals surface area contributed by atoms with Crippen LogP contribution in [0.2, 0.25) is 0 Å². The van der Waals surface area contributed by atoms with E-state index in [9.17, 15) is 0 Å². The molecule has 0 spiro atoms. The van der Waals surface area contributed by atoms with E-state index in [2.05, 4.69) is 126 Å². The first-order valence-corrected chi connectivity index (χ1v) is 12.4. The number of nitrogens with zero attached hydrogens (tertiary/aromatic N) is 3. The summed E-state index contributed by atoms with van der Waals surface area (Å²) < 4.78 is 0. The Morgan fingerprint density at radius 1 is 0.750 bits per heavy atom. The molecule has 0 saturated carbocycles. The van der Waals surface area contributed by atoms with Crippen LogP contribution in [0.4, 0.5) is 11.5 Å². The van der Waals surface area contributed by atoms with Gasteiger partial charge >= 0.3 is 0 Å². The third-order valence-corrected chi connectivity index (χ3v) is 6.83. The van der Waals surface area contributed by atoms with Gasteiger partial charge < -0.3 is 4.90 Å². The SMILES string of the molecule is Cc1ccc(C2=Nc3c(n[nH]c3-c3ccccc3)N(Cc3ccccc3)C(c3ccccc3)C2)cc1. The maximum Gasteiger partial charge on any atom is 0.177 e. The predicted octanol–water partition coefficient (Wildman–Crippen LogP) is 7.66. The standard InChI is InChI=1S/C32H28N4/c1-23-17-19-25(20-18-23)28-21-29(26-13-7-3-8-14-26)36(22-24-11-5-2-6-12-24)32-31(33-28)30(34-35-32)27-15-9-4-10-16-27/h2-20,29H,21-22H2,1H3,(H,34,35). The van der Waals surface area contributed by atoms with E-state index in [4.69, 9.17) is 10.1 Å². The Labute approximate surface area is 212 Å². The summed E-state index contributed by atoms with van der Waals surface area (Å²) in [5.41, 5.74) is 8.88. The summed E-state index contributed by atoms with van der Waals surface area (Å²) in [5.74, 6) is 0.883. The van der Waals surface area contributed by atoms with Crippen LogP contribution in [-0.4, -0.2) is 15.9 Å². The molecule has 1 aromatic heterocycles. The summed E-state index contributed by atoms with van der Waals surface area (Å²) in [6.45, 7) is 2.86. The van der Waals surface area contributed by atoms with Crippen LogP contribution in [0.25, 0.3) is 11.3 Å². The fraction of sp³-hybridized carbons (Fsp3) is 0.125. The molecule has 4 nitrogen and oxygen atoms in total. The lowest BCUT2D eigenvalue weighted by molar-refractivity contribution is 0.633. The number of H-pyrrole nitrogens is 1. The van der Waals surface area contributed by atoms with Crippen LogP contribution in [-0.2, 0) is 6.54 Å². The molecule has 4 heteroatoms. The number of aromatic amines is 1. The van der Waals surface area contributed by atoms with Crippen molar-refractivity contribution in [2.45, 2.75) is 25.9 Å². The highest BCUT2D eigenvalue weighted by Gasteiger charge is 2.32. The normalized spacial score (nSPS) is 15.2. The van der Waals surface area contributed by atoms with E-state index >= 15 is 0 Å². The molecule has 1 aliphatic rings. The molecule has 0 radical (unpaired) electrons. The van der Waals surface area contributed by atoms with Crippen LogP contribution in [0.1, 0.15) is 34.7 Å². The van der Waals surface area contributed by atoms with Gasteiger partial charge in [-0.3, -0.25) is 5.10 Å². The van der Waals surface area contributed by atoms with E-state index in [1.54, 1.807) is 0 Å². The molecule has 0 saturated heterocycles. The van der Waals surface area contributed by atoms with E-state index in [0.29, 0.717) is 0 Å². The van der Waals surface area contributed by atoms with Gasteiger partial charge in [-0.2, -0.15) is 5.10 Å². The average Bonchev–Trinajstić information content (AvgIpc) is 3.28. The van der Waals surface area contributed by atoms with Crippen molar-refractivity contribution in [2.24, 2.45) is 4.99 Å². The lowest BCUT2D eigenvalue weighted by Crippen LogP contribution is -2.29. The molecule has 1 unspecified atom stereocenters. The quantitative estimate of drug-likeness (QED) is 0.288. The van der Waals surface area contributed by atoms with Crippen LogP contribution in [0.5, 0.6) is 0 Å². The number of anilines is 1. The highest BCUT2D eigenvalue weighted by molar-refractivity contribution is 6.05. The maximum absolute atomic E-state index is 5.32. The highest BCUT2D eigenvalue weighted by atomic mass is 15.3. The van der Waals surface area contributed by atoms with Gasteiger partial charge in [0.2, 0.25) is 0 Å². The van der Waals surface area contributed by atoms with Crippen molar-refractivity contribution < 1.29 is 0 Å². The summed E-state index contributed by atoms with van der Waals surface area (Å²) in [7, 11) is 0. The topological polar surface area (TPSA) is 44.3 Å². The lowest BCUT2D eigenvalue weighted by Gasteiger charge is -2.32. The average molecular weight is 469 g/mol. The van der Waals surface area contributed by atoms with Gasteiger partial charge in [0.15, 0.2) is 5.82 Å². The summed E-state index contributed by atoms with van der Waals surface area (Å²) in [6.07, 6.45) is 0.782. The monoisotopic (exact) mass is 468 g/mol. The zero-order chi connectivity index (χ0) is 24.3. The van der Waals surface area contributed by atoms with Gasteiger partial charge in [0, 0.05) is 18.5 Å². The number of rotatable bonds is 5. The van der Waals surface area contributed by atoms with Crippen molar-refractivity contribution in [1.29, 1.82) is 0 Å². The Hall–Kier alpha value is -4.44. The second-order valence-electron chi connectivity index (χ2n) is 9.31. The molecule has 1 N–H and O–H groups in total. The number of aryl methyl sites for hydroxylation is 1. The molecule has 0 aliphatic carbocycles. The van der Waals surface area contributed by atoms with Crippen molar-refractivity contribution in [3.05, 3.63) is 138 Å². The third-order valence-electron chi connectivity index (χ3n) is 6.83. The zero-order valence-electron chi connectivity index (χ0n) is 20.3. The molecule has 0 bridgehead atoms. The van der Waals surface area contributed by atoms with Gasteiger partial charge in [-0.15, -0.1) is 0 Å². The van der Waals surface area contributed by atoms with Crippen LogP contribution >= 0.6 is 0 Å². The van der Waals surface area contributed by atoms with Crippen LogP contribution in [0, 0.1) is 6.92 Å². The Morgan fingerprint density at radius 3 is 2.08 bits per heavy atom. The molecule has 5 aromatic rings. The molecule has 36 heavy (non-hydrogen) atoms. The fourth-order valence-corrected chi connectivity index (χ4v) is 4.93. The van der Waals surface area contributed by atoms with Gasteiger partial charge in [0.25, 0.3) is 0 Å². The van der Waals surface area contributed by atoms with Crippen molar-refractivity contribution in [3.63, 3.8) is 0 Å². The minimum absolute atomic E-state index is 0.0830. The van der Waals surface area contributed by atoms with Crippen LogP contribution in [0.15, 0.2) is 120 Å². The number of benzene rings is 4. The first-order valence-electron chi connectivity index (χ1n) is 12.4. The van der Waals surface area contributed by atoms with Gasteiger partial charge in [0.1, 0.15) is 5.69 Å². The lowest BCUT2D eigenvalue weighted by atomic mass is 9.95. The third kappa shape index (κ3) is 4.34. The second-order valence-corrected chi connectivity index (χ2v) is 9.31. The Kier molecular flexibility index (Phi) is 5.92. The highest BCUT2D eigenvalue weighted by Crippen LogP contribution is 2.44. The summed E-state index contributed by atoms with van der Waals surface area (Å²) in [4.78, 5) is 7.73. The Morgan fingerprint density at radius 2 is 1.39 bits per heavy atom. The van der Waals surface area contributed by atoms with E-state index in [1.807, 2.05) is 6.07 Å². The van der Waals surface area contributed by atoms with E-state index in [0.717, 1.165) is 47.0 Å². The van der Waals surface area contributed by atoms with Crippen molar-refractivity contribution in [1.82, 2.24) is 10.2 Å². The minimum atomic E-state index is 0.0830. The Balaban J connectivity index is 1.56. The fourth-order valence-electron chi connectivity index (χ4n) is 4.93. The maximum atomic E-state index is 5.32. The first kappa shape index (κ1) is 22.1. The largest absolute Gasteiger partial charge is 0.342 e. The molecule has 1 atom stereocenters. The molecule has 0 amide bonds. The number of nitrogens with one attached hydrogen (secondary N) is 1. The number of hydrogen-bond acceptors (Lipinski definition) is 3. The van der Waals surface area contributed by atoms with E-state index in [1.165, 1.54) is 16.7 Å². The van der Waals surface area contributed by atoms with E-state index < -0.39 is 0 Å². The van der Waals surface area contributed by atoms with Crippen LogP contribution < -0.4 is 4.90 Å². The molecule has 0 fully saturated rings. The smallest absolute Gasteiger partial charge is 0.177 e. The molecule has 1 aliphatic heterocycles. The molecular formula is C32H28N4. The Bertz CT molecular complexity index is 1470. The molecule has 2 heterocycles. The molecular weight excluding hydrogens is 440 g/mol. The van der Waals surface area contributed by atoms with Crippen molar-refractivity contribution in [3.8, 4) is 11.3 Å². The van der Waals surface area contributed by atoms with Gasteiger partial charge in [-0.25, -0.2) is 4.99 Å². The van der Waals surface area contributed by atoms with E-state index in [-0.39, 0.29) is 6.04 Å². The molecule has 176 valence electrons. The number of aromatic nitrogens is 2. The first-order chi connectivity index (χ1) is 17.8. The van der Waals surface area contributed by atoms with Gasteiger partial charge in [-0.1, -0.05) is 121 Å². The van der Waals surface area contributed by atoms with Crippen molar-refractivity contribution >= 4 is 17.2 Å². The van der Waals surface area contributed by atoms with Crippen LogP contribution in [0.3, 0.4) is 0 Å². The minimum Gasteiger partial charge on any atom is -0.342 e. The second kappa shape index (κ2) is 9.67. The summed E-state index contributed by atoms with van der Waals surface area (Å²) >= 11 is 0. The summed E-state index contributed by atoms with van der Waals surface area (Å²) in [6, 6.07) is 40.5. The van der Waals surface area contributed by atoms with Crippen molar-refractivity contribution in [2.75, 3.05) is 4.90 Å². The number of aliphatic imine (C=N–C) groups is 1. The molecule has 6 rings (SSSR count).